The molecule has 0 saturated carbocycles. The molecule has 0 aromatic heterocycles. The molecule has 27 heavy (non-hydrogen) atoms. The number of rotatable bonds is 7. The molecule has 0 fully saturated rings. The average molecular weight is 364 g/mol. The summed E-state index contributed by atoms with van der Waals surface area (Å²) >= 11 is 0. The van der Waals surface area contributed by atoms with Crippen LogP contribution in [0.25, 0.3) is 0 Å². The minimum absolute atomic E-state index is 0.140. The number of hydrogen-bond acceptors (Lipinski definition) is 4. The molecule has 0 spiro atoms. The SMILES string of the molecule is CN(CC(=O)NC(C(=O)N(C)C)c1ccccc1)Cc1cccc(C#N)c1. The van der Waals surface area contributed by atoms with Gasteiger partial charge < -0.3 is 10.2 Å². The summed E-state index contributed by atoms with van der Waals surface area (Å²) in [4.78, 5) is 28.3. The van der Waals surface area contributed by atoms with Crippen LogP contribution in [0.4, 0.5) is 0 Å². The molecular formula is C21H24N4O2. The van der Waals surface area contributed by atoms with Gasteiger partial charge in [-0.3, -0.25) is 14.5 Å². The number of carbonyl (C=O) groups is 2. The zero-order chi connectivity index (χ0) is 19.8. The first kappa shape index (κ1) is 20.1. The van der Waals surface area contributed by atoms with Crippen molar-refractivity contribution in [2.24, 2.45) is 0 Å². The topological polar surface area (TPSA) is 76.4 Å². The zero-order valence-electron chi connectivity index (χ0n) is 15.8. The van der Waals surface area contributed by atoms with Crippen LogP contribution in [0.2, 0.25) is 0 Å². The molecule has 2 aromatic carbocycles. The Balaban J connectivity index is 2.02. The Bertz CT molecular complexity index is 828. The fourth-order valence-corrected chi connectivity index (χ4v) is 2.75. The summed E-state index contributed by atoms with van der Waals surface area (Å²) in [5, 5.41) is 11.8. The maximum atomic E-state index is 12.5. The highest BCUT2D eigenvalue weighted by Crippen LogP contribution is 2.15. The first-order chi connectivity index (χ1) is 12.9. The van der Waals surface area contributed by atoms with E-state index in [-0.39, 0.29) is 18.4 Å². The monoisotopic (exact) mass is 364 g/mol. The average Bonchev–Trinajstić information content (AvgIpc) is 2.66. The Morgan fingerprint density at radius 2 is 1.78 bits per heavy atom. The normalized spacial score (nSPS) is 11.5. The lowest BCUT2D eigenvalue weighted by Crippen LogP contribution is -2.43. The molecule has 0 aliphatic heterocycles. The van der Waals surface area contributed by atoms with Crippen molar-refractivity contribution in [3.8, 4) is 6.07 Å². The van der Waals surface area contributed by atoms with E-state index in [1.807, 2.05) is 54.4 Å². The molecule has 1 unspecified atom stereocenters. The highest BCUT2D eigenvalue weighted by atomic mass is 16.2. The van der Waals surface area contributed by atoms with Crippen molar-refractivity contribution in [2.45, 2.75) is 12.6 Å². The van der Waals surface area contributed by atoms with Gasteiger partial charge in [0.15, 0.2) is 0 Å². The summed E-state index contributed by atoms with van der Waals surface area (Å²) in [6.07, 6.45) is 0. The van der Waals surface area contributed by atoms with Crippen LogP contribution in [-0.2, 0) is 16.1 Å². The fourth-order valence-electron chi connectivity index (χ4n) is 2.75. The van der Waals surface area contributed by atoms with Gasteiger partial charge in [0.2, 0.25) is 11.8 Å². The summed E-state index contributed by atoms with van der Waals surface area (Å²) in [5.41, 5.74) is 2.29. The third-order valence-electron chi connectivity index (χ3n) is 4.05. The molecule has 0 saturated heterocycles. The van der Waals surface area contributed by atoms with E-state index in [2.05, 4.69) is 11.4 Å². The molecular weight excluding hydrogens is 340 g/mol. The second kappa shape index (κ2) is 9.51. The molecule has 0 radical (unpaired) electrons. The minimum atomic E-state index is -0.719. The van der Waals surface area contributed by atoms with Gasteiger partial charge in [0.1, 0.15) is 6.04 Å². The van der Waals surface area contributed by atoms with Gasteiger partial charge in [-0.15, -0.1) is 0 Å². The zero-order valence-corrected chi connectivity index (χ0v) is 15.8. The molecule has 0 bridgehead atoms. The molecule has 6 nitrogen and oxygen atoms in total. The second-order valence-corrected chi connectivity index (χ2v) is 6.63. The summed E-state index contributed by atoms with van der Waals surface area (Å²) in [7, 11) is 5.15. The molecule has 1 atom stereocenters. The van der Waals surface area contributed by atoms with E-state index in [4.69, 9.17) is 5.26 Å². The third kappa shape index (κ3) is 5.94. The summed E-state index contributed by atoms with van der Waals surface area (Å²) in [6.45, 7) is 0.668. The van der Waals surface area contributed by atoms with Crippen LogP contribution >= 0.6 is 0 Å². The van der Waals surface area contributed by atoms with Crippen molar-refractivity contribution in [2.75, 3.05) is 27.7 Å². The molecule has 1 N–H and O–H groups in total. The number of likely N-dealkylation sites (N-methyl/N-ethyl adjacent to an activating group) is 2. The number of nitrogens with one attached hydrogen (secondary N) is 1. The fraction of sp³-hybridized carbons (Fsp3) is 0.286. The first-order valence-electron chi connectivity index (χ1n) is 8.63. The van der Waals surface area contributed by atoms with Crippen molar-refractivity contribution in [1.82, 2.24) is 15.1 Å². The number of hydrogen-bond donors (Lipinski definition) is 1. The molecule has 0 aliphatic rings. The van der Waals surface area contributed by atoms with Crippen molar-refractivity contribution in [1.29, 1.82) is 5.26 Å². The first-order valence-corrected chi connectivity index (χ1v) is 8.63. The van der Waals surface area contributed by atoms with Crippen LogP contribution in [0.1, 0.15) is 22.7 Å². The Morgan fingerprint density at radius 1 is 1.07 bits per heavy atom. The molecule has 2 amide bonds. The van der Waals surface area contributed by atoms with E-state index in [1.165, 1.54) is 4.90 Å². The summed E-state index contributed by atoms with van der Waals surface area (Å²) in [6, 6.07) is 17.9. The van der Waals surface area contributed by atoms with Gasteiger partial charge in [-0.25, -0.2) is 0 Å². The Hall–Kier alpha value is -3.17. The largest absolute Gasteiger partial charge is 0.347 e. The maximum Gasteiger partial charge on any atom is 0.249 e. The molecule has 140 valence electrons. The quantitative estimate of drug-likeness (QED) is 0.815. The molecule has 2 aromatic rings. The van der Waals surface area contributed by atoms with Gasteiger partial charge in [-0.05, 0) is 30.3 Å². The van der Waals surface area contributed by atoms with E-state index in [0.29, 0.717) is 12.1 Å². The van der Waals surface area contributed by atoms with Crippen molar-refractivity contribution in [3.05, 3.63) is 71.3 Å². The standard InChI is InChI=1S/C21H24N4O2/c1-24(2)21(27)20(18-10-5-4-6-11-18)23-19(26)15-25(3)14-17-9-7-8-16(12-17)13-22/h4-12,20H,14-15H2,1-3H3,(H,23,26). The lowest BCUT2D eigenvalue weighted by atomic mass is 10.1. The van der Waals surface area contributed by atoms with Gasteiger partial charge in [-0.1, -0.05) is 42.5 Å². The van der Waals surface area contributed by atoms with Crippen LogP contribution in [0.5, 0.6) is 0 Å². The number of amides is 2. The van der Waals surface area contributed by atoms with Crippen LogP contribution in [0, 0.1) is 11.3 Å². The van der Waals surface area contributed by atoms with E-state index in [9.17, 15) is 9.59 Å². The van der Waals surface area contributed by atoms with Crippen molar-refractivity contribution < 1.29 is 9.59 Å². The van der Waals surface area contributed by atoms with Crippen LogP contribution < -0.4 is 5.32 Å². The number of nitriles is 1. The lowest BCUT2D eigenvalue weighted by molar-refractivity contribution is -0.134. The number of carbonyl (C=O) groups excluding carboxylic acids is 2. The summed E-state index contributed by atoms with van der Waals surface area (Å²) in [5.74, 6) is -0.420. The molecule has 6 heteroatoms. The number of benzene rings is 2. The van der Waals surface area contributed by atoms with Crippen LogP contribution in [-0.4, -0.2) is 49.3 Å². The Kier molecular flexibility index (Phi) is 7.09. The predicted octanol–water partition coefficient (Wildman–Crippen LogP) is 1.94. The van der Waals surface area contributed by atoms with E-state index in [1.54, 1.807) is 26.2 Å². The lowest BCUT2D eigenvalue weighted by Gasteiger charge is -2.23. The Labute approximate surface area is 160 Å². The van der Waals surface area contributed by atoms with E-state index >= 15 is 0 Å². The third-order valence-corrected chi connectivity index (χ3v) is 4.05. The Morgan fingerprint density at radius 3 is 2.41 bits per heavy atom. The van der Waals surface area contributed by atoms with E-state index in [0.717, 1.165) is 11.1 Å². The van der Waals surface area contributed by atoms with Crippen molar-refractivity contribution in [3.63, 3.8) is 0 Å². The van der Waals surface area contributed by atoms with Gasteiger partial charge in [0, 0.05) is 20.6 Å². The smallest absolute Gasteiger partial charge is 0.249 e. The van der Waals surface area contributed by atoms with Crippen molar-refractivity contribution >= 4 is 11.8 Å². The maximum absolute atomic E-state index is 12.5. The molecule has 2 rings (SSSR count). The highest BCUT2D eigenvalue weighted by Gasteiger charge is 2.24. The summed E-state index contributed by atoms with van der Waals surface area (Å²) < 4.78 is 0. The predicted molar refractivity (Wildman–Crippen MR) is 104 cm³/mol. The number of nitrogens with zero attached hydrogens (tertiary/aromatic N) is 3. The van der Waals surface area contributed by atoms with Gasteiger partial charge in [-0.2, -0.15) is 5.26 Å². The minimum Gasteiger partial charge on any atom is -0.347 e. The second-order valence-electron chi connectivity index (χ2n) is 6.63. The van der Waals surface area contributed by atoms with Gasteiger partial charge >= 0.3 is 0 Å². The van der Waals surface area contributed by atoms with Crippen LogP contribution in [0.15, 0.2) is 54.6 Å². The van der Waals surface area contributed by atoms with Gasteiger partial charge in [0.05, 0.1) is 18.2 Å². The van der Waals surface area contributed by atoms with Gasteiger partial charge in [0.25, 0.3) is 0 Å². The van der Waals surface area contributed by atoms with E-state index < -0.39 is 6.04 Å². The van der Waals surface area contributed by atoms with Crippen LogP contribution in [0.3, 0.4) is 0 Å². The highest BCUT2D eigenvalue weighted by molar-refractivity contribution is 5.89. The molecule has 0 heterocycles. The molecule has 0 aliphatic carbocycles.